The van der Waals surface area contributed by atoms with Gasteiger partial charge in [-0.15, -0.1) is 0 Å². The van der Waals surface area contributed by atoms with Crippen LogP contribution < -0.4 is 10.1 Å². The molecule has 10 heteroatoms. The Balaban J connectivity index is 1.64. The van der Waals surface area contributed by atoms with Crippen molar-refractivity contribution in [2.75, 3.05) is 18.5 Å². The molecule has 0 aliphatic heterocycles. The van der Waals surface area contributed by atoms with Crippen molar-refractivity contribution in [3.8, 4) is 5.75 Å². The average Bonchev–Trinajstić information content (AvgIpc) is 3.11. The highest BCUT2D eigenvalue weighted by Crippen LogP contribution is 2.29. The number of carbonyl (C=O) groups is 2. The van der Waals surface area contributed by atoms with E-state index >= 15 is 0 Å². The molecule has 0 aliphatic rings. The molecule has 1 aromatic heterocycles. The highest BCUT2D eigenvalue weighted by molar-refractivity contribution is 6.32. The molecule has 164 valence electrons. The lowest BCUT2D eigenvalue weighted by atomic mass is 10.1. The van der Waals surface area contributed by atoms with Crippen LogP contribution in [-0.4, -0.2) is 31.7 Å². The Morgan fingerprint density at radius 2 is 1.97 bits per heavy atom. The number of fused-ring (bicyclic) bond motifs is 1. The molecule has 0 radical (unpaired) electrons. The minimum atomic E-state index is -3.02. The second-order valence-electron chi connectivity index (χ2n) is 6.19. The molecule has 0 fully saturated rings. The Hall–Kier alpha value is -3.17. The number of halogens is 3. The number of hydrogen-bond acceptors (Lipinski definition) is 6. The topological polar surface area (TPSA) is 87.0 Å². The highest BCUT2D eigenvalue weighted by atomic mass is 35.5. The van der Waals surface area contributed by atoms with Gasteiger partial charge in [-0.1, -0.05) is 29.8 Å². The summed E-state index contributed by atoms with van der Waals surface area (Å²) in [4.78, 5) is 24.6. The molecule has 7 nitrogen and oxygen atoms in total. The molecule has 0 aliphatic carbocycles. The van der Waals surface area contributed by atoms with Crippen molar-refractivity contribution in [1.29, 1.82) is 0 Å². The normalized spacial score (nSPS) is 11.0. The van der Waals surface area contributed by atoms with Crippen molar-refractivity contribution in [1.82, 2.24) is 0 Å². The second-order valence-corrected chi connectivity index (χ2v) is 6.60. The number of alkyl halides is 2. The van der Waals surface area contributed by atoms with Crippen LogP contribution in [0.15, 0.2) is 46.9 Å². The lowest BCUT2D eigenvalue weighted by molar-refractivity contribution is -0.119. The Labute approximate surface area is 180 Å². The Kier molecular flexibility index (Phi) is 7.43. The van der Waals surface area contributed by atoms with E-state index in [0.29, 0.717) is 23.1 Å². The molecule has 0 unspecified atom stereocenters. The van der Waals surface area contributed by atoms with Crippen LogP contribution in [0.5, 0.6) is 5.75 Å². The average molecular weight is 454 g/mol. The van der Waals surface area contributed by atoms with Gasteiger partial charge in [0, 0.05) is 23.2 Å². The van der Waals surface area contributed by atoms with Crippen LogP contribution in [-0.2, 0) is 20.9 Å². The first-order valence-corrected chi connectivity index (χ1v) is 9.56. The van der Waals surface area contributed by atoms with Gasteiger partial charge in [0.1, 0.15) is 11.3 Å². The van der Waals surface area contributed by atoms with Gasteiger partial charge in [-0.05, 0) is 31.2 Å². The number of esters is 1. The van der Waals surface area contributed by atoms with E-state index < -0.39 is 25.1 Å². The van der Waals surface area contributed by atoms with Crippen molar-refractivity contribution in [2.45, 2.75) is 20.1 Å². The fourth-order valence-electron chi connectivity index (χ4n) is 2.77. The van der Waals surface area contributed by atoms with Crippen LogP contribution >= 0.6 is 11.6 Å². The number of amides is 1. The summed E-state index contributed by atoms with van der Waals surface area (Å²) in [6, 6.07) is 10.8. The summed E-state index contributed by atoms with van der Waals surface area (Å²) in [5, 5.41) is 3.05. The molecular weight excluding hydrogens is 436 g/mol. The van der Waals surface area contributed by atoms with Crippen molar-refractivity contribution in [3.05, 3.63) is 58.8 Å². The van der Waals surface area contributed by atoms with Gasteiger partial charge in [-0.25, -0.2) is 4.79 Å². The van der Waals surface area contributed by atoms with Crippen molar-refractivity contribution in [2.24, 2.45) is 0 Å². The first kappa shape index (κ1) is 22.5. The smallest absolute Gasteiger partial charge is 0.387 e. The van der Waals surface area contributed by atoms with Crippen LogP contribution in [0.25, 0.3) is 11.0 Å². The molecular formula is C21H18ClF2NO6. The number of nitrogens with one attached hydrogen (secondary N) is 1. The fourth-order valence-corrected chi connectivity index (χ4v) is 3.00. The van der Waals surface area contributed by atoms with Gasteiger partial charge in [-0.2, -0.15) is 8.78 Å². The molecule has 0 spiro atoms. The zero-order valence-corrected chi connectivity index (χ0v) is 17.1. The monoisotopic (exact) mass is 453 g/mol. The molecule has 0 saturated heterocycles. The lowest BCUT2D eigenvalue weighted by Gasteiger charge is -2.10. The third-order valence-electron chi connectivity index (χ3n) is 4.10. The van der Waals surface area contributed by atoms with Gasteiger partial charge in [0.2, 0.25) is 5.76 Å². The van der Waals surface area contributed by atoms with Gasteiger partial charge in [0.15, 0.2) is 6.61 Å². The summed E-state index contributed by atoms with van der Waals surface area (Å²) < 4.78 is 44.8. The van der Waals surface area contributed by atoms with E-state index in [0.717, 1.165) is 0 Å². The zero-order chi connectivity index (χ0) is 22.4. The minimum absolute atomic E-state index is 0.0426. The molecule has 1 heterocycles. The summed E-state index contributed by atoms with van der Waals surface area (Å²) in [7, 11) is 0. The number of anilines is 1. The number of hydrogen-bond donors (Lipinski definition) is 1. The van der Waals surface area contributed by atoms with Gasteiger partial charge >= 0.3 is 12.6 Å². The van der Waals surface area contributed by atoms with E-state index in [-0.39, 0.29) is 28.8 Å². The van der Waals surface area contributed by atoms with Crippen molar-refractivity contribution >= 4 is 40.1 Å². The van der Waals surface area contributed by atoms with E-state index in [1.165, 1.54) is 18.2 Å². The third kappa shape index (κ3) is 5.71. The predicted molar refractivity (Wildman–Crippen MR) is 109 cm³/mol. The predicted octanol–water partition coefficient (Wildman–Crippen LogP) is 5.02. The summed E-state index contributed by atoms with van der Waals surface area (Å²) in [6.07, 6.45) is 0. The van der Waals surface area contributed by atoms with E-state index in [2.05, 4.69) is 10.1 Å². The van der Waals surface area contributed by atoms with E-state index in [4.69, 9.17) is 25.5 Å². The van der Waals surface area contributed by atoms with Crippen molar-refractivity contribution in [3.63, 3.8) is 0 Å². The first-order chi connectivity index (χ1) is 14.9. The molecule has 2 aromatic carbocycles. The van der Waals surface area contributed by atoms with Crippen LogP contribution in [0, 0.1) is 0 Å². The van der Waals surface area contributed by atoms with Crippen LogP contribution in [0.4, 0.5) is 14.5 Å². The largest absolute Gasteiger partial charge is 0.450 e. The quantitative estimate of drug-likeness (QED) is 0.458. The lowest BCUT2D eigenvalue weighted by Crippen LogP contribution is -2.21. The van der Waals surface area contributed by atoms with E-state index in [9.17, 15) is 18.4 Å². The summed E-state index contributed by atoms with van der Waals surface area (Å²) in [5.41, 5.74) is 1.24. The first-order valence-electron chi connectivity index (χ1n) is 9.18. The Morgan fingerprint density at radius 1 is 1.19 bits per heavy atom. The number of benzene rings is 2. The molecule has 0 saturated carbocycles. The Bertz CT molecular complexity index is 1080. The number of ether oxygens (including phenoxy) is 3. The molecule has 0 atom stereocenters. The van der Waals surface area contributed by atoms with Gasteiger partial charge < -0.3 is 23.9 Å². The van der Waals surface area contributed by atoms with Crippen LogP contribution in [0.3, 0.4) is 0 Å². The van der Waals surface area contributed by atoms with Crippen LogP contribution in [0.1, 0.15) is 23.0 Å². The maximum atomic E-state index is 12.5. The van der Waals surface area contributed by atoms with Gasteiger partial charge in [0.25, 0.3) is 5.91 Å². The summed E-state index contributed by atoms with van der Waals surface area (Å²) in [5.74, 6) is -1.75. The molecule has 3 aromatic rings. The number of para-hydroxylation sites is 1. The van der Waals surface area contributed by atoms with Crippen LogP contribution in [0.2, 0.25) is 5.02 Å². The van der Waals surface area contributed by atoms with Gasteiger partial charge in [-0.3, -0.25) is 4.79 Å². The fraction of sp³-hybridized carbons (Fsp3) is 0.238. The SMILES string of the molecule is CCOCc1c(C(=O)OCC(=O)Nc2ccc(OC(F)F)c(Cl)c2)oc2ccccc12. The van der Waals surface area contributed by atoms with E-state index in [1.54, 1.807) is 24.3 Å². The molecule has 3 rings (SSSR count). The molecule has 31 heavy (non-hydrogen) atoms. The highest BCUT2D eigenvalue weighted by Gasteiger charge is 2.22. The summed E-state index contributed by atoms with van der Waals surface area (Å²) >= 11 is 5.84. The minimum Gasteiger partial charge on any atom is -0.450 e. The van der Waals surface area contributed by atoms with Crippen molar-refractivity contribution < 1.29 is 37.0 Å². The molecule has 1 amide bonds. The summed E-state index contributed by atoms with van der Waals surface area (Å²) in [6.45, 7) is -1.21. The standard InChI is InChI=1S/C21H18ClF2NO6/c1-2-28-10-14-13-5-3-4-6-16(13)30-19(14)20(27)29-11-18(26)25-12-7-8-17(15(22)9-12)31-21(23)24/h3-9,21H,2,10-11H2,1H3,(H,25,26). The number of rotatable bonds is 9. The number of carbonyl (C=O) groups excluding carboxylic acids is 2. The third-order valence-corrected chi connectivity index (χ3v) is 4.40. The maximum absolute atomic E-state index is 12.5. The second kappa shape index (κ2) is 10.2. The zero-order valence-electron chi connectivity index (χ0n) is 16.3. The van der Waals surface area contributed by atoms with E-state index in [1.807, 2.05) is 6.92 Å². The molecule has 1 N–H and O–H groups in total. The number of furan rings is 1. The molecule has 0 bridgehead atoms. The van der Waals surface area contributed by atoms with Gasteiger partial charge in [0.05, 0.1) is 11.6 Å². The Morgan fingerprint density at radius 3 is 2.68 bits per heavy atom. The maximum Gasteiger partial charge on any atom is 0.387 e.